The van der Waals surface area contributed by atoms with E-state index in [0.717, 1.165) is 0 Å². The summed E-state index contributed by atoms with van der Waals surface area (Å²) < 4.78 is 4.96. The number of hydrogen-bond acceptors (Lipinski definition) is 7. The number of nitro benzene ring substituents is 1. The van der Waals surface area contributed by atoms with Crippen LogP contribution in [0.4, 0.5) is 16.2 Å². The van der Waals surface area contributed by atoms with Crippen LogP contribution in [0.1, 0.15) is 29.6 Å². The van der Waals surface area contributed by atoms with Gasteiger partial charge in [0, 0.05) is 24.7 Å². The van der Waals surface area contributed by atoms with Gasteiger partial charge in [-0.25, -0.2) is 4.79 Å². The van der Waals surface area contributed by atoms with Crippen LogP contribution in [0.25, 0.3) is 0 Å². The fourth-order valence-corrected chi connectivity index (χ4v) is 2.86. The van der Waals surface area contributed by atoms with Crippen LogP contribution in [-0.4, -0.2) is 54.1 Å². The quantitative estimate of drug-likeness (QED) is 0.371. The molecule has 1 heterocycles. The molecule has 1 aliphatic heterocycles. The number of carbonyl (C=O) groups is 2. The number of amides is 2. The second-order valence-corrected chi connectivity index (χ2v) is 6.01. The fourth-order valence-electron chi connectivity index (χ4n) is 2.86. The van der Waals surface area contributed by atoms with E-state index in [4.69, 9.17) is 16.2 Å². The molecule has 10 heteroatoms. The third-order valence-corrected chi connectivity index (χ3v) is 4.09. The Bertz CT molecular complexity index is 681. The van der Waals surface area contributed by atoms with Crippen LogP contribution >= 0.6 is 0 Å². The predicted octanol–water partition coefficient (Wildman–Crippen LogP) is 1.06. The van der Waals surface area contributed by atoms with Gasteiger partial charge in [0.2, 0.25) is 0 Å². The molecule has 0 radical (unpaired) electrons. The van der Waals surface area contributed by atoms with Crippen LogP contribution in [0.5, 0.6) is 0 Å². The number of carbonyl (C=O) groups excluding carboxylic acids is 2. The average Bonchev–Trinajstić information content (AvgIpc) is 2.61. The van der Waals surface area contributed by atoms with Crippen LogP contribution in [0.15, 0.2) is 18.2 Å². The number of primary amides is 1. The summed E-state index contributed by atoms with van der Waals surface area (Å²) in [7, 11) is 0. The Balaban J connectivity index is 2.14. The number of nitrogens with one attached hydrogen (secondary N) is 1. The van der Waals surface area contributed by atoms with Crippen molar-refractivity contribution in [2.24, 2.45) is 11.5 Å². The summed E-state index contributed by atoms with van der Waals surface area (Å²) in [6.07, 6.45) is 0.610. The molecule has 0 aromatic heterocycles. The molecular formula is C16H23N5O5. The van der Waals surface area contributed by atoms with Crippen LogP contribution in [0, 0.1) is 10.1 Å². The zero-order valence-corrected chi connectivity index (χ0v) is 14.3. The van der Waals surface area contributed by atoms with Crippen molar-refractivity contribution in [2.45, 2.75) is 25.4 Å². The Labute approximate surface area is 150 Å². The van der Waals surface area contributed by atoms with Crippen molar-refractivity contribution >= 4 is 23.4 Å². The fraction of sp³-hybridized carbons (Fsp3) is 0.500. The molecule has 26 heavy (non-hydrogen) atoms. The molecule has 1 aromatic rings. The van der Waals surface area contributed by atoms with E-state index in [1.54, 1.807) is 6.07 Å². The molecule has 0 saturated carbocycles. The smallest absolute Gasteiger partial charge is 0.404 e. The topological polar surface area (TPSA) is 154 Å². The minimum absolute atomic E-state index is 0.171. The summed E-state index contributed by atoms with van der Waals surface area (Å²) in [5, 5.41) is 14.3. The zero-order valence-electron chi connectivity index (χ0n) is 14.3. The molecule has 5 N–H and O–H groups in total. The van der Waals surface area contributed by atoms with Gasteiger partial charge in [0.15, 0.2) is 0 Å². The monoisotopic (exact) mass is 365 g/mol. The van der Waals surface area contributed by atoms with E-state index in [9.17, 15) is 19.7 Å². The number of ether oxygens (including phenoxy) is 1. The summed E-state index contributed by atoms with van der Waals surface area (Å²) in [5.41, 5.74) is 10.8. The van der Waals surface area contributed by atoms with E-state index in [-0.39, 0.29) is 23.7 Å². The van der Waals surface area contributed by atoms with Crippen molar-refractivity contribution in [2.75, 3.05) is 31.5 Å². The van der Waals surface area contributed by atoms with E-state index in [2.05, 4.69) is 5.32 Å². The standard InChI is InChI=1S/C16H23N5O5/c17-6-2-7-19-13-5-4-11(9-14(13)21(24)25)15(22)20-8-1-3-12(10-20)26-16(18)23/h4-5,9,12,19H,1-3,6-8,10,17H2,(H2,18,23)/t12-/m1/s1. The number of nitrogens with zero attached hydrogens (tertiary/aromatic N) is 2. The lowest BCUT2D eigenvalue weighted by molar-refractivity contribution is -0.384. The Kier molecular flexibility index (Phi) is 6.73. The van der Waals surface area contributed by atoms with Crippen LogP contribution < -0.4 is 16.8 Å². The second-order valence-electron chi connectivity index (χ2n) is 6.01. The molecule has 2 amide bonds. The highest BCUT2D eigenvalue weighted by Crippen LogP contribution is 2.27. The van der Waals surface area contributed by atoms with Crippen LogP contribution in [0.3, 0.4) is 0 Å². The molecular weight excluding hydrogens is 342 g/mol. The molecule has 10 nitrogen and oxygen atoms in total. The third kappa shape index (κ3) is 5.06. The summed E-state index contributed by atoms with van der Waals surface area (Å²) in [5.74, 6) is -0.348. The number of benzene rings is 1. The number of nitrogens with two attached hydrogens (primary N) is 2. The number of rotatable bonds is 7. The van der Waals surface area contributed by atoms with Gasteiger partial charge in [0.1, 0.15) is 11.8 Å². The first-order valence-electron chi connectivity index (χ1n) is 8.40. The van der Waals surface area contributed by atoms with Crippen LogP contribution in [-0.2, 0) is 4.74 Å². The van der Waals surface area contributed by atoms with Gasteiger partial charge in [-0.2, -0.15) is 0 Å². The Morgan fingerprint density at radius 2 is 2.19 bits per heavy atom. The molecule has 1 fully saturated rings. The lowest BCUT2D eigenvalue weighted by Gasteiger charge is -2.32. The van der Waals surface area contributed by atoms with Crippen LogP contribution in [0.2, 0.25) is 0 Å². The second kappa shape index (κ2) is 8.99. The van der Waals surface area contributed by atoms with Crippen molar-refractivity contribution in [3.05, 3.63) is 33.9 Å². The van der Waals surface area contributed by atoms with Crippen molar-refractivity contribution in [3.8, 4) is 0 Å². The summed E-state index contributed by atoms with van der Waals surface area (Å²) in [6, 6.07) is 4.31. The Hall–Kier alpha value is -2.88. The molecule has 142 valence electrons. The maximum atomic E-state index is 12.7. The summed E-state index contributed by atoms with van der Waals surface area (Å²) in [6.45, 7) is 1.68. The number of nitro groups is 1. The van der Waals surface area contributed by atoms with Gasteiger partial charge in [0.05, 0.1) is 11.5 Å². The van der Waals surface area contributed by atoms with E-state index < -0.39 is 17.1 Å². The molecule has 0 unspecified atom stereocenters. The highest BCUT2D eigenvalue weighted by Gasteiger charge is 2.27. The van der Waals surface area contributed by atoms with E-state index >= 15 is 0 Å². The van der Waals surface area contributed by atoms with Crippen molar-refractivity contribution in [3.63, 3.8) is 0 Å². The Morgan fingerprint density at radius 1 is 1.42 bits per heavy atom. The first-order chi connectivity index (χ1) is 12.4. The molecule has 1 aromatic carbocycles. The average molecular weight is 365 g/mol. The van der Waals surface area contributed by atoms with Gasteiger partial charge in [-0.3, -0.25) is 14.9 Å². The van der Waals surface area contributed by atoms with Gasteiger partial charge < -0.3 is 26.4 Å². The zero-order chi connectivity index (χ0) is 19.1. The third-order valence-electron chi connectivity index (χ3n) is 4.09. The molecule has 0 spiro atoms. The SMILES string of the molecule is NCCCNc1ccc(C(=O)N2CCC[C@@H](OC(N)=O)C2)cc1[N+](=O)[O-]. The van der Waals surface area contributed by atoms with Crippen molar-refractivity contribution < 1.29 is 19.2 Å². The lowest BCUT2D eigenvalue weighted by atomic mass is 10.1. The number of likely N-dealkylation sites (tertiary alicyclic amines) is 1. The molecule has 0 bridgehead atoms. The molecule has 1 saturated heterocycles. The molecule has 0 aliphatic carbocycles. The van der Waals surface area contributed by atoms with Gasteiger partial charge in [-0.1, -0.05) is 0 Å². The van der Waals surface area contributed by atoms with Gasteiger partial charge in [0.25, 0.3) is 11.6 Å². The normalized spacial score (nSPS) is 16.8. The number of anilines is 1. The number of hydrogen-bond donors (Lipinski definition) is 3. The highest BCUT2D eigenvalue weighted by atomic mass is 16.6. The minimum atomic E-state index is -0.882. The molecule has 2 rings (SSSR count). The predicted molar refractivity (Wildman–Crippen MR) is 94.9 cm³/mol. The van der Waals surface area contributed by atoms with Crippen molar-refractivity contribution in [1.29, 1.82) is 0 Å². The highest BCUT2D eigenvalue weighted by molar-refractivity contribution is 5.95. The lowest BCUT2D eigenvalue weighted by Crippen LogP contribution is -2.44. The van der Waals surface area contributed by atoms with Crippen molar-refractivity contribution in [1.82, 2.24) is 4.90 Å². The maximum absolute atomic E-state index is 12.7. The Morgan fingerprint density at radius 3 is 2.85 bits per heavy atom. The molecule has 1 aliphatic rings. The molecule has 1 atom stereocenters. The first-order valence-corrected chi connectivity index (χ1v) is 8.40. The van der Waals surface area contributed by atoms with E-state index in [1.165, 1.54) is 17.0 Å². The summed E-state index contributed by atoms with van der Waals surface area (Å²) in [4.78, 5) is 35.9. The first kappa shape index (κ1) is 19.4. The van der Waals surface area contributed by atoms with Gasteiger partial charge in [-0.05, 0) is 37.9 Å². The van der Waals surface area contributed by atoms with Gasteiger partial charge in [-0.15, -0.1) is 0 Å². The summed E-state index contributed by atoms with van der Waals surface area (Å²) >= 11 is 0. The minimum Gasteiger partial charge on any atom is -0.445 e. The van der Waals surface area contributed by atoms with Gasteiger partial charge >= 0.3 is 6.09 Å². The largest absolute Gasteiger partial charge is 0.445 e. The number of piperidine rings is 1. The van der Waals surface area contributed by atoms with E-state index in [0.29, 0.717) is 44.6 Å². The van der Waals surface area contributed by atoms with E-state index in [1.807, 2.05) is 0 Å². The maximum Gasteiger partial charge on any atom is 0.404 e.